The molecule has 0 aliphatic heterocycles. The molecule has 0 spiro atoms. The molecule has 0 aliphatic rings. The van der Waals surface area contributed by atoms with Gasteiger partial charge in [-0.15, -0.1) is 0 Å². The van der Waals surface area contributed by atoms with Gasteiger partial charge in [0, 0.05) is 12.7 Å². The molecule has 0 fully saturated rings. The third kappa shape index (κ3) is 4.20. The zero-order valence-electron chi connectivity index (χ0n) is 13.3. The number of hydrogen-bond donors (Lipinski definition) is 1. The van der Waals surface area contributed by atoms with Crippen molar-refractivity contribution in [2.75, 3.05) is 13.7 Å². The SMILES string of the molecule is CCCNC(c1ccc(F)c(F)c1F)C(OC)C(C)(C)C. The van der Waals surface area contributed by atoms with E-state index in [9.17, 15) is 13.2 Å². The molecule has 1 N–H and O–H groups in total. The van der Waals surface area contributed by atoms with Crippen LogP contribution in [-0.4, -0.2) is 19.8 Å². The maximum Gasteiger partial charge on any atom is 0.194 e. The summed E-state index contributed by atoms with van der Waals surface area (Å²) in [6.07, 6.45) is 0.450. The zero-order valence-corrected chi connectivity index (χ0v) is 13.3. The average molecular weight is 303 g/mol. The van der Waals surface area contributed by atoms with E-state index in [4.69, 9.17) is 4.74 Å². The fourth-order valence-electron chi connectivity index (χ4n) is 2.45. The summed E-state index contributed by atoms with van der Waals surface area (Å²) < 4.78 is 46.3. The van der Waals surface area contributed by atoms with Crippen molar-refractivity contribution >= 4 is 0 Å². The second-order valence-electron chi connectivity index (χ2n) is 6.22. The molecule has 0 radical (unpaired) electrons. The molecule has 0 amide bonds. The molecular formula is C16H24F3NO. The monoisotopic (exact) mass is 303 g/mol. The highest BCUT2D eigenvalue weighted by Gasteiger charge is 2.35. The number of methoxy groups -OCH3 is 1. The van der Waals surface area contributed by atoms with E-state index in [2.05, 4.69) is 5.32 Å². The molecule has 0 aliphatic carbocycles. The van der Waals surface area contributed by atoms with E-state index in [1.165, 1.54) is 13.2 Å². The number of rotatable bonds is 6. The Bertz CT molecular complexity index is 471. The third-order valence-electron chi connectivity index (χ3n) is 3.42. The summed E-state index contributed by atoms with van der Waals surface area (Å²) in [4.78, 5) is 0. The van der Waals surface area contributed by atoms with Crippen molar-refractivity contribution in [2.45, 2.75) is 46.3 Å². The van der Waals surface area contributed by atoms with Gasteiger partial charge >= 0.3 is 0 Å². The molecule has 1 rings (SSSR count). The molecule has 0 saturated heterocycles. The minimum Gasteiger partial charge on any atom is -0.379 e. The molecule has 1 aromatic rings. The molecule has 21 heavy (non-hydrogen) atoms. The fourth-order valence-corrected chi connectivity index (χ4v) is 2.45. The van der Waals surface area contributed by atoms with E-state index in [1.54, 1.807) is 0 Å². The normalized spacial score (nSPS) is 15.0. The summed E-state index contributed by atoms with van der Waals surface area (Å²) in [6, 6.07) is 1.67. The van der Waals surface area contributed by atoms with E-state index < -0.39 is 23.5 Å². The second kappa shape index (κ2) is 7.27. The maximum absolute atomic E-state index is 14.1. The predicted molar refractivity (Wildman–Crippen MR) is 77.6 cm³/mol. The number of hydrogen-bond acceptors (Lipinski definition) is 2. The standard InChI is InChI=1S/C16H24F3NO/c1-6-9-20-14(15(21-5)16(2,3)4)10-7-8-11(17)13(19)12(10)18/h7-8,14-15,20H,6,9H2,1-5H3. The average Bonchev–Trinajstić information content (AvgIpc) is 2.40. The number of nitrogens with one attached hydrogen (secondary N) is 1. The van der Waals surface area contributed by atoms with Crippen LogP contribution in [0.25, 0.3) is 0 Å². The van der Waals surface area contributed by atoms with Gasteiger partial charge in [-0.25, -0.2) is 13.2 Å². The highest BCUT2D eigenvalue weighted by molar-refractivity contribution is 5.25. The highest BCUT2D eigenvalue weighted by Crippen LogP contribution is 2.34. The molecule has 0 heterocycles. The van der Waals surface area contributed by atoms with Crippen LogP contribution in [0.15, 0.2) is 12.1 Å². The van der Waals surface area contributed by atoms with Crippen LogP contribution >= 0.6 is 0 Å². The van der Waals surface area contributed by atoms with E-state index >= 15 is 0 Å². The summed E-state index contributed by atoms with van der Waals surface area (Å²) in [6.45, 7) is 8.47. The molecule has 1 aromatic carbocycles. The van der Waals surface area contributed by atoms with Crippen molar-refractivity contribution in [1.82, 2.24) is 5.32 Å². The lowest BCUT2D eigenvalue weighted by Crippen LogP contribution is -2.42. The Labute approximate surface area is 124 Å². The molecule has 5 heteroatoms. The Hall–Kier alpha value is -1.07. The van der Waals surface area contributed by atoms with Crippen LogP contribution in [0.1, 0.15) is 45.7 Å². The Balaban J connectivity index is 3.28. The van der Waals surface area contributed by atoms with E-state index in [-0.39, 0.29) is 17.1 Å². The Morgan fingerprint density at radius 2 is 1.76 bits per heavy atom. The van der Waals surface area contributed by atoms with Gasteiger partial charge in [0.05, 0.1) is 12.1 Å². The van der Waals surface area contributed by atoms with Gasteiger partial charge in [-0.2, -0.15) is 0 Å². The van der Waals surface area contributed by atoms with E-state index in [1.807, 2.05) is 27.7 Å². The first-order valence-corrected chi connectivity index (χ1v) is 7.13. The van der Waals surface area contributed by atoms with Crippen LogP contribution in [0.5, 0.6) is 0 Å². The van der Waals surface area contributed by atoms with Crippen molar-refractivity contribution in [1.29, 1.82) is 0 Å². The van der Waals surface area contributed by atoms with Crippen LogP contribution < -0.4 is 5.32 Å². The van der Waals surface area contributed by atoms with Crippen molar-refractivity contribution in [3.05, 3.63) is 35.1 Å². The lowest BCUT2D eigenvalue weighted by atomic mass is 9.81. The number of ether oxygens (including phenoxy) is 1. The number of halogens is 3. The topological polar surface area (TPSA) is 21.3 Å². The molecule has 0 saturated carbocycles. The molecular weight excluding hydrogens is 279 g/mol. The molecule has 0 aromatic heterocycles. The van der Waals surface area contributed by atoms with Gasteiger partial charge < -0.3 is 10.1 Å². The maximum atomic E-state index is 14.1. The highest BCUT2D eigenvalue weighted by atomic mass is 19.2. The lowest BCUT2D eigenvalue weighted by Gasteiger charge is -2.37. The van der Waals surface area contributed by atoms with Gasteiger partial charge in [0.1, 0.15) is 0 Å². The van der Waals surface area contributed by atoms with Crippen molar-refractivity contribution in [2.24, 2.45) is 5.41 Å². The van der Waals surface area contributed by atoms with Crippen LogP contribution in [0.3, 0.4) is 0 Å². The summed E-state index contributed by atoms with van der Waals surface area (Å²) in [5.41, 5.74) is -0.207. The Kier molecular flexibility index (Phi) is 6.23. The Morgan fingerprint density at radius 3 is 2.24 bits per heavy atom. The van der Waals surface area contributed by atoms with Crippen molar-refractivity contribution in [3.63, 3.8) is 0 Å². The summed E-state index contributed by atoms with van der Waals surface area (Å²) in [7, 11) is 1.54. The van der Waals surface area contributed by atoms with E-state index in [0.717, 1.165) is 12.5 Å². The van der Waals surface area contributed by atoms with Crippen LogP contribution in [0.2, 0.25) is 0 Å². The van der Waals surface area contributed by atoms with Gasteiger partial charge in [-0.1, -0.05) is 33.8 Å². The van der Waals surface area contributed by atoms with Gasteiger partial charge in [0.25, 0.3) is 0 Å². The second-order valence-corrected chi connectivity index (χ2v) is 6.22. The predicted octanol–water partition coefficient (Wildman–Crippen LogP) is 4.21. The summed E-state index contributed by atoms with van der Waals surface area (Å²) in [5, 5.41) is 3.18. The third-order valence-corrected chi connectivity index (χ3v) is 3.42. The first-order chi connectivity index (χ1) is 9.73. The van der Waals surface area contributed by atoms with Gasteiger partial charge in [-0.05, 0) is 24.4 Å². The van der Waals surface area contributed by atoms with Crippen molar-refractivity contribution in [3.8, 4) is 0 Å². The fraction of sp³-hybridized carbons (Fsp3) is 0.625. The molecule has 2 nitrogen and oxygen atoms in total. The summed E-state index contributed by atoms with van der Waals surface area (Å²) >= 11 is 0. The molecule has 2 atom stereocenters. The zero-order chi connectivity index (χ0) is 16.2. The van der Waals surface area contributed by atoms with E-state index in [0.29, 0.717) is 6.54 Å². The van der Waals surface area contributed by atoms with Crippen LogP contribution in [0.4, 0.5) is 13.2 Å². The van der Waals surface area contributed by atoms with Crippen molar-refractivity contribution < 1.29 is 17.9 Å². The molecule has 2 unspecified atom stereocenters. The summed E-state index contributed by atoms with van der Waals surface area (Å²) in [5.74, 6) is -3.79. The number of benzene rings is 1. The van der Waals surface area contributed by atoms with Crippen LogP contribution in [0, 0.1) is 22.9 Å². The smallest absolute Gasteiger partial charge is 0.194 e. The lowest BCUT2D eigenvalue weighted by molar-refractivity contribution is -0.0129. The quantitative estimate of drug-likeness (QED) is 0.795. The minimum absolute atomic E-state index is 0.0872. The van der Waals surface area contributed by atoms with Gasteiger partial charge in [-0.3, -0.25) is 0 Å². The first kappa shape index (κ1) is 18.0. The first-order valence-electron chi connectivity index (χ1n) is 7.13. The van der Waals surface area contributed by atoms with Crippen LogP contribution in [-0.2, 0) is 4.74 Å². The molecule has 0 bridgehead atoms. The molecule has 120 valence electrons. The Morgan fingerprint density at radius 1 is 1.14 bits per heavy atom. The minimum atomic E-state index is -1.44. The van der Waals surface area contributed by atoms with Gasteiger partial charge in [0.15, 0.2) is 17.5 Å². The van der Waals surface area contributed by atoms with Gasteiger partial charge in [0.2, 0.25) is 0 Å². The largest absolute Gasteiger partial charge is 0.379 e.